The average Bonchev–Trinajstić information content (AvgIpc) is 2.35. The molecule has 0 aliphatic heterocycles. The zero-order valence-corrected chi connectivity index (χ0v) is 10.9. The Balaban J connectivity index is 3.04. The van der Waals surface area contributed by atoms with E-state index in [0.717, 1.165) is 5.23 Å². The Kier molecular flexibility index (Phi) is 5.77. The second-order valence-electron chi connectivity index (χ2n) is 3.50. The van der Waals surface area contributed by atoms with E-state index in [1.807, 2.05) is 0 Å². The molecule has 0 bridgehead atoms. The third-order valence-corrected chi connectivity index (χ3v) is 2.24. The Labute approximate surface area is 110 Å². The molecule has 1 aromatic carbocycles. The van der Waals surface area contributed by atoms with Crippen molar-refractivity contribution in [2.75, 3.05) is 18.4 Å². The van der Waals surface area contributed by atoms with Crippen LogP contribution in [0.4, 0.5) is 5.69 Å². The maximum atomic E-state index is 11.9. The molecule has 0 atom stereocenters. The molecule has 18 heavy (non-hydrogen) atoms. The monoisotopic (exact) mass is 271 g/mol. The second kappa shape index (κ2) is 7.10. The Morgan fingerprint density at radius 1 is 1.33 bits per heavy atom. The van der Waals surface area contributed by atoms with Gasteiger partial charge < -0.3 is 0 Å². The summed E-state index contributed by atoms with van der Waals surface area (Å²) in [4.78, 5) is 32.9. The molecule has 0 saturated carbocycles. The maximum Gasteiger partial charge on any atom is 0.172 e. The van der Waals surface area contributed by atoms with Gasteiger partial charge in [0.15, 0.2) is 11.8 Å². The molecule has 0 unspecified atom stereocenters. The first-order chi connectivity index (χ1) is 8.60. The minimum atomic E-state index is -0.293. The van der Waals surface area contributed by atoms with Gasteiger partial charge in [0, 0.05) is 5.56 Å². The molecule has 0 aliphatic carbocycles. The molecule has 0 N–H and O–H groups in total. The topological polar surface area (TPSA) is 55.8 Å². The molecule has 0 aromatic heterocycles. The Morgan fingerprint density at radius 3 is 2.56 bits per heavy atom. The van der Waals surface area contributed by atoms with Crippen LogP contribution in [0.15, 0.2) is 24.3 Å². The van der Waals surface area contributed by atoms with Crippen LogP contribution in [0.3, 0.4) is 0 Å². The van der Waals surface area contributed by atoms with Crippen molar-refractivity contribution in [2.45, 2.75) is 13.3 Å². The molecule has 5 nitrogen and oxygen atoms in total. The van der Waals surface area contributed by atoms with Crippen molar-refractivity contribution < 1.29 is 19.3 Å². The van der Waals surface area contributed by atoms with Gasteiger partial charge in [-0.1, -0.05) is 23.7 Å². The minimum absolute atomic E-state index is 0.122. The summed E-state index contributed by atoms with van der Waals surface area (Å²) in [5, 5.41) is 1.04. The third-order valence-electron chi connectivity index (χ3n) is 2.14. The van der Waals surface area contributed by atoms with E-state index in [0.29, 0.717) is 11.3 Å². The van der Waals surface area contributed by atoms with Crippen LogP contribution < -0.4 is 5.23 Å². The summed E-state index contributed by atoms with van der Waals surface area (Å²) in [6.07, 6.45) is -0.157. The molecule has 6 heteroatoms. The number of Topliss-reactive ketones (excluding diaryl/α,β-unsaturated/α-hetero) is 2. The van der Waals surface area contributed by atoms with Crippen molar-refractivity contribution in [1.82, 2.24) is 0 Å². The molecule has 0 heterocycles. The molecular weight excluding hydrogens is 258 g/mol. The smallest absolute Gasteiger partial charge is 0.172 e. The molecule has 1 rings (SSSR count). The lowest BCUT2D eigenvalue weighted by molar-refractivity contribution is -0.116. The normalized spacial score (nSPS) is 10.2. The lowest BCUT2D eigenvalue weighted by Crippen LogP contribution is -2.24. The number of nitrogens with zero attached hydrogens (tertiary/aromatic N) is 1. The summed E-state index contributed by atoms with van der Waals surface area (Å²) in [7, 11) is 1.39. The number of alkyl halides is 1. The van der Waals surface area contributed by atoms with Crippen LogP contribution >= 0.6 is 11.6 Å². The van der Waals surface area contributed by atoms with E-state index < -0.39 is 0 Å². The summed E-state index contributed by atoms with van der Waals surface area (Å²) >= 11 is 5.46. The molecule has 0 saturated heterocycles. The van der Waals surface area contributed by atoms with Gasteiger partial charge in [-0.2, -0.15) is 0 Å². The Hall–Kier alpha value is -1.43. The molecule has 98 valence electrons. The highest BCUT2D eigenvalue weighted by Crippen LogP contribution is 2.22. The standard InChI is InChI=1S/C12H14ClNO4/c1-9(15)7-12(16)10-5-3-4-6-11(10)14(17-2)18-8-13/h3-6H,7-8H2,1-2H3. The van der Waals surface area contributed by atoms with E-state index in [1.54, 1.807) is 24.3 Å². The number of benzene rings is 1. The van der Waals surface area contributed by atoms with E-state index in [2.05, 4.69) is 0 Å². The Bertz CT molecular complexity index is 436. The van der Waals surface area contributed by atoms with Crippen LogP contribution in [-0.4, -0.2) is 24.7 Å². The zero-order chi connectivity index (χ0) is 13.5. The van der Waals surface area contributed by atoms with E-state index in [1.165, 1.54) is 14.0 Å². The molecule has 1 aromatic rings. The Morgan fingerprint density at radius 2 is 2.00 bits per heavy atom. The lowest BCUT2D eigenvalue weighted by atomic mass is 10.0. The first kappa shape index (κ1) is 14.6. The molecule has 0 amide bonds. The highest BCUT2D eigenvalue weighted by molar-refractivity contribution is 6.17. The van der Waals surface area contributed by atoms with Crippen molar-refractivity contribution in [3.05, 3.63) is 29.8 Å². The van der Waals surface area contributed by atoms with E-state index in [4.69, 9.17) is 21.3 Å². The third kappa shape index (κ3) is 3.80. The summed E-state index contributed by atoms with van der Waals surface area (Å²) in [6, 6.07) is 6.55. The van der Waals surface area contributed by atoms with Crippen LogP contribution in [0.25, 0.3) is 0 Å². The van der Waals surface area contributed by atoms with Crippen molar-refractivity contribution >= 4 is 28.9 Å². The zero-order valence-electron chi connectivity index (χ0n) is 10.2. The van der Waals surface area contributed by atoms with Crippen molar-refractivity contribution in [1.29, 1.82) is 0 Å². The quantitative estimate of drug-likeness (QED) is 0.330. The SMILES string of the molecule is CON(OCCl)c1ccccc1C(=O)CC(C)=O. The molecule has 0 fully saturated rings. The predicted octanol–water partition coefficient (Wildman–Crippen LogP) is 2.34. The highest BCUT2D eigenvalue weighted by Gasteiger charge is 2.18. The van der Waals surface area contributed by atoms with Gasteiger partial charge >= 0.3 is 0 Å². The number of para-hydroxylation sites is 1. The number of rotatable bonds is 7. The van der Waals surface area contributed by atoms with E-state index in [9.17, 15) is 9.59 Å². The van der Waals surface area contributed by atoms with Gasteiger partial charge in [0.25, 0.3) is 0 Å². The van der Waals surface area contributed by atoms with Gasteiger partial charge in [-0.3, -0.25) is 14.4 Å². The number of halogens is 1. The molecular formula is C12H14ClNO4. The number of hydrogen-bond donors (Lipinski definition) is 0. The highest BCUT2D eigenvalue weighted by atomic mass is 35.5. The van der Waals surface area contributed by atoms with Gasteiger partial charge in [-0.05, 0) is 19.1 Å². The van der Waals surface area contributed by atoms with Crippen molar-refractivity contribution in [3.63, 3.8) is 0 Å². The van der Waals surface area contributed by atoms with E-state index >= 15 is 0 Å². The fraction of sp³-hybridized carbons (Fsp3) is 0.333. The summed E-state index contributed by atoms with van der Waals surface area (Å²) in [6.45, 7) is 1.36. The van der Waals surface area contributed by atoms with Gasteiger partial charge in [0.05, 0.1) is 13.5 Å². The average molecular weight is 272 g/mol. The van der Waals surface area contributed by atoms with Crippen LogP contribution in [0, 0.1) is 0 Å². The van der Waals surface area contributed by atoms with Gasteiger partial charge in [0.1, 0.15) is 11.5 Å². The van der Waals surface area contributed by atoms with Crippen LogP contribution in [-0.2, 0) is 14.5 Å². The fourth-order valence-electron chi connectivity index (χ4n) is 1.45. The fourth-order valence-corrected chi connectivity index (χ4v) is 1.54. The van der Waals surface area contributed by atoms with Crippen LogP contribution in [0.5, 0.6) is 0 Å². The van der Waals surface area contributed by atoms with Crippen LogP contribution in [0.1, 0.15) is 23.7 Å². The summed E-state index contributed by atoms with van der Waals surface area (Å²) in [5.74, 6) is -0.490. The summed E-state index contributed by atoms with van der Waals surface area (Å²) < 4.78 is 0. The first-order valence-corrected chi connectivity index (χ1v) is 5.78. The number of carbonyl (C=O) groups excluding carboxylic acids is 2. The van der Waals surface area contributed by atoms with Crippen molar-refractivity contribution in [2.24, 2.45) is 0 Å². The number of hydrogen-bond acceptors (Lipinski definition) is 5. The van der Waals surface area contributed by atoms with E-state index in [-0.39, 0.29) is 24.1 Å². The summed E-state index contributed by atoms with van der Waals surface area (Å²) in [5.41, 5.74) is 0.756. The minimum Gasteiger partial charge on any atom is -0.300 e. The van der Waals surface area contributed by atoms with Crippen molar-refractivity contribution in [3.8, 4) is 0 Å². The maximum absolute atomic E-state index is 11.9. The molecule has 0 radical (unpaired) electrons. The number of ketones is 2. The predicted molar refractivity (Wildman–Crippen MR) is 67.4 cm³/mol. The second-order valence-corrected chi connectivity index (χ2v) is 3.72. The van der Waals surface area contributed by atoms with Gasteiger partial charge in [0.2, 0.25) is 0 Å². The largest absolute Gasteiger partial charge is 0.300 e. The van der Waals surface area contributed by atoms with Gasteiger partial charge in [-0.15, -0.1) is 5.23 Å². The number of carbonyl (C=O) groups is 2. The molecule has 0 spiro atoms. The first-order valence-electron chi connectivity index (χ1n) is 5.25. The molecule has 0 aliphatic rings. The number of anilines is 1. The van der Waals surface area contributed by atoms with Gasteiger partial charge in [-0.25, -0.2) is 4.84 Å². The lowest BCUT2D eigenvalue weighted by Gasteiger charge is -2.21. The van der Waals surface area contributed by atoms with Crippen LogP contribution in [0.2, 0.25) is 0 Å².